The van der Waals surface area contributed by atoms with E-state index in [-0.39, 0.29) is 12.2 Å². The monoisotopic (exact) mass is 310 g/mol. The number of hydrogen-bond acceptors (Lipinski definition) is 3. The molecule has 1 aromatic rings. The van der Waals surface area contributed by atoms with Crippen molar-refractivity contribution in [2.24, 2.45) is 0 Å². The van der Waals surface area contributed by atoms with Crippen molar-refractivity contribution in [1.82, 2.24) is 0 Å². The summed E-state index contributed by atoms with van der Waals surface area (Å²) in [6.07, 6.45) is 4.13. The molecular formula is C15H15ClO3S. The molecule has 1 atom stereocenters. The number of alkyl halides is 1. The maximum Gasteiger partial charge on any atom is 0.192 e. The lowest BCUT2D eigenvalue weighted by Gasteiger charge is -2.26. The molecular weight excluding hydrogens is 296 g/mol. The van der Waals surface area contributed by atoms with Crippen molar-refractivity contribution in [3.05, 3.63) is 59.2 Å². The van der Waals surface area contributed by atoms with Gasteiger partial charge >= 0.3 is 0 Å². The lowest BCUT2D eigenvalue weighted by molar-refractivity contribution is 0.103. The number of carbonyl (C=O) groups is 1. The molecule has 1 unspecified atom stereocenters. The van der Waals surface area contributed by atoms with E-state index in [1.165, 1.54) is 12.2 Å². The number of halogens is 1. The predicted molar refractivity (Wildman–Crippen MR) is 80.7 cm³/mol. The van der Waals surface area contributed by atoms with Gasteiger partial charge in [-0.25, -0.2) is 8.42 Å². The highest BCUT2D eigenvalue weighted by Crippen LogP contribution is 2.37. The summed E-state index contributed by atoms with van der Waals surface area (Å²) in [6, 6.07) is 8.88. The second kappa shape index (κ2) is 5.19. The van der Waals surface area contributed by atoms with Crippen LogP contribution in [-0.4, -0.2) is 24.7 Å². The molecule has 1 aliphatic carbocycles. The van der Waals surface area contributed by atoms with Crippen LogP contribution in [0.2, 0.25) is 0 Å². The topological polar surface area (TPSA) is 51.2 Å². The molecule has 0 N–H and O–H groups in total. The summed E-state index contributed by atoms with van der Waals surface area (Å²) < 4.78 is 22.0. The number of rotatable bonds is 3. The fourth-order valence-electron chi connectivity index (χ4n) is 2.13. The molecule has 5 heteroatoms. The molecule has 0 amide bonds. The number of benzene rings is 1. The lowest BCUT2D eigenvalue weighted by atomic mass is 9.92. The number of carbonyl (C=O) groups excluding carboxylic acids is 1. The summed E-state index contributed by atoms with van der Waals surface area (Å²) >= 11 is 6.14. The Morgan fingerprint density at radius 2 is 1.85 bits per heavy atom. The van der Waals surface area contributed by atoms with Crippen molar-refractivity contribution in [2.75, 3.05) is 6.26 Å². The molecule has 0 bridgehead atoms. The molecule has 20 heavy (non-hydrogen) atoms. The van der Waals surface area contributed by atoms with Crippen LogP contribution in [0.25, 0.3) is 0 Å². The summed E-state index contributed by atoms with van der Waals surface area (Å²) in [5, 5.41) is 0. The van der Waals surface area contributed by atoms with E-state index >= 15 is 0 Å². The van der Waals surface area contributed by atoms with E-state index in [2.05, 4.69) is 0 Å². The van der Waals surface area contributed by atoms with Crippen molar-refractivity contribution < 1.29 is 13.2 Å². The van der Waals surface area contributed by atoms with Gasteiger partial charge in [-0.15, -0.1) is 0 Å². The molecule has 1 aromatic carbocycles. The third kappa shape index (κ3) is 2.72. The Bertz CT molecular complexity index is 702. The number of Topliss-reactive ketones (excluding diaryl/α,β-unsaturated/α-hetero) is 1. The zero-order chi connectivity index (χ0) is 15.0. The van der Waals surface area contributed by atoms with Gasteiger partial charge in [0.25, 0.3) is 0 Å². The maximum absolute atomic E-state index is 12.4. The first-order valence-electron chi connectivity index (χ1n) is 6.12. The Morgan fingerprint density at radius 3 is 2.35 bits per heavy atom. The van der Waals surface area contributed by atoms with E-state index < -0.39 is 14.0 Å². The molecule has 1 aliphatic rings. The molecule has 0 fully saturated rings. The average Bonchev–Trinajstić information content (AvgIpc) is 2.38. The standard InChI is InChI=1S/C15H15ClO3S/c1-11-10-15(16,20(2,18)19)9-8-13(11)14(17)12-6-4-3-5-7-12/h3-9H,10H2,1-2H3. The molecule has 0 aromatic heterocycles. The smallest absolute Gasteiger partial charge is 0.192 e. The van der Waals surface area contributed by atoms with Gasteiger partial charge in [0.1, 0.15) is 0 Å². The van der Waals surface area contributed by atoms with Crippen LogP contribution in [0.5, 0.6) is 0 Å². The van der Waals surface area contributed by atoms with Gasteiger partial charge in [0.2, 0.25) is 0 Å². The van der Waals surface area contributed by atoms with Gasteiger partial charge in [-0.1, -0.05) is 53.6 Å². The zero-order valence-electron chi connectivity index (χ0n) is 11.3. The summed E-state index contributed by atoms with van der Waals surface area (Å²) in [5.41, 5.74) is 1.77. The quantitative estimate of drug-likeness (QED) is 0.636. The summed E-state index contributed by atoms with van der Waals surface area (Å²) in [6.45, 7) is 1.74. The zero-order valence-corrected chi connectivity index (χ0v) is 12.8. The Balaban J connectivity index is 2.36. The summed E-state index contributed by atoms with van der Waals surface area (Å²) in [5.74, 6) is -0.119. The van der Waals surface area contributed by atoms with Crippen molar-refractivity contribution in [2.45, 2.75) is 17.6 Å². The van der Waals surface area contributed by atoms with Gasteiger partial charge in [-0.3, -0.25) is 4.79 Å². The summed E-state index contributed by atoms with van der Waals surface area (Å²) in [7, 11) is -3.44. The number of sulfone groups is 1. The van der Waals surface area contributed by atoms with Crippen LogP contribution in [0, 0.1) is 0 Å². The van der Waals surface area contributed by atoms with Gasteiger partial charge < -0.3 is 0 Å². The SMILES string of the molecule is CC1=C(C(=O)c2ccccc2)C=CC(Cl)(S(C)(=O)=O)C1. The van der Waals surface area contributed by atoms with Crippen molar-refractivity contribution in [1.29, 1.82) is 0 Å². The first-order valence-corrected chi connectivity index (χ1v) is 8.39. The molecule has 0 radical (unpaired) electrons. The summed E-state index contributed by atoms with van der Waals surface area (Å²) in [4.78, 5) is 12.4. The normalized spacial score (nSPS) is 22.9. The Labute approximate surface area is 123 Å². The molecule has 0 spiro atoms. The number of hydrogen-bond donors (Lipinski definition) is 0. The van der Waals surface area contributed by atoms with Crippen LogP contribution >= 0.6 is 11.6 Å². The fraction of sp³-hybridized carbons (Fsp3) is 0.267. The van der Waals surface area contributed by atoms with Crippen LogP contribution in [0.3, 0.4) is 0 Å². The van der Waals surface area contributed by atoms with E-state index in [0.29, 0.717) is 16.7 Å². The highest BCUT2D eigenvalue weighted by molar-refractivity contribution is 7.93. The third-order valence-electron chi connectivity index (χ3n) is 3.36. The molecule has 3 nitrogen and oxygen atoms in total. The number of ketones is 1. The van der Waals surface area contributed by atoms with E-state index in [1.807, 2.05) is 6.07 Å². The fourth-order valence-corrected chi connectivity index (χ4v) is 3.19. The highest BCUT2D eigenvalue weighted by Gasteiger charge is 2.39. The predicted octanol–water partition coefficient (Wildman–Crippen LogP) is 3.13. The Hall–Kier alpha value is -1.39. The average molecular weight is 311 g/mol. The van der Waals surface area contributed by atoms with Crippen LogP contribution in [-0.2, 0) is 9.84 Å². The van der Waals surface area contributed by atoms with Crippen molar-refractivity contribution >= 4 is 27.2 Å². The van der Waals surface area contributed by atoms with Gasteiger partial charge in [0.15, 0.2) is 19.8 Å². The minimum absolute atomic E-state index is 0.119. The first-order chi connectivity index (χ1) is 9.24. The van der Waals surface area contributed by atoms with Crippen LogP contribution in [0.4, 0.5) is 0 Å². The Morgan fingerprint density at radius 1 is 1.25 bits per heavy atom. The third-order valence-corrected chi connectivity index (χ3v) is 5.98. The van der Waals surface area contributed by atoms with Gasteiger partial charge in [-0.2, -0.15) is 0 Å². The van der Waals surface area contributed by atoms with E-state index in [4.69, 9.17) is 11.6 Å². The highest BCUT2D eigenvalue weighted by atomic mass is 35.5. The second-order valence-corrected chi connectivity index (χ2v) is 8.13. The van der Waals surface area contributed by atoms with Crippen LogP contribution in [0.1, 0.15) is 23.7 Å². The van der Waals surface area contributed by atoms with E-state index in [0.717, 1.165) is 6.26 Å². The lowest BCUT2D eigenvalue weighted by Crippen LogP contribution is -2.32. The number of allylic oxidation sites excluding steroid dienone is 3. The van der Waals surface area contributed by atoms with Crippen molar-refractivity contribution in [3.63, 3.8) is 0 Å². The molecule has 2 rings (SSSR count). The van der Waals surface area contributed by atoms with E-state index in [9.17, 15) is 13.2 Å². The maximum atomic E-state index is 12.4. The van der Waals surface area contributed by atoms with E-state index in [1.54, 1.807) is 31.2 Å². The van der Waals surface area contributed by atoms with Crippen LogP contribution in [0.15, 0.2) is 53.6 Å². The largest absolute Gasteiger partial charge is 0.289 e. The molecule has 106 valence electrons. The van der Waals surface area contributed by atoms with Crippen molar-refractivity contribution in [3.8, 4) is 0 Å². The van der Waals surface area contributed by atoms with Gasteiger partial charge in [0.05, 0.1) is 0 Å². The Kier molecular flexibility index (Phi) is 3.89. The first kappa shape index (κ1) is 15.0. The molecule has 0 heterocycles. The van der Waals surface area contributed by atoms with Gasteiger partial charge in [-0.05, 0) is 13.0 Å². The molecule has 0 saturated heterocycles. The van der Waals surface area contributed by atoms with Crippen LogP contribution < -0.4 is 0 Å². The molecule has 0 saturated carbocycles. The minimum atomic E-state index is -3.44. The minimum Gasteiger partial charge on any atom is -0.289 e. The second-order valence-electron chi connectivity index (χ2n) is 4.96. The van der Waals surface area contributed by atoms with Gasteiger partial charge in [0, 0.05) is 23.8 Å². The molecule has 0 aliphatic heterocycles.